The van der Waals surface area contributed by atoms with E-state index in [1.165, 1.54) is 6.92 Å². The van der Waals surface area contributed by atoms with Crippen molar-refractivity contribution < 1.29 is 18.0 Å². The Bertz CT molecular complexity index is 320. The third-order valence-electron chi connectivity index (χ3n) is 1.19. The summed E-state index contributed by atoms with van der Waals surface area (Å²) in [5.74, 6) is 0. The molecule has 7 heteroatoms. The molecular formula is C6H5F3N2OS. The van der Waals surface area contributed by atoms with Crippen LogP contribution in [0.25, 0.3) is 0 Å². The maximum Gasteiger partial charge on any atom is 0.436 e. The third kappa shape index (κ3) is 2.18. The molecule has 1 N–H and O–H groups in total. The second kappa shape index (κ2) is 3.33. The molecule has 1 rings (SSSR count). The van der Waals surface area contributed by atoms with E-state index in [1.807, 2.05) is 5.32 Å². The van der Waals surface area contributed by atoms with Crippen LogP contribution in [0.3, 0.4) is 0 Å². The van der Waals surface area contributed by atoms with Gasteiger partial charge in [0, 0.05) is 0 Å². The lowest BCUT2D eigenvalue weighted by molar-refractivity contribution is -0.140. The van der Waals surface area contributed by atoms with Gasteiger partial charge in [0.15, 0.2) is 5.69 Å². The fourth-order valence-corrected chi connectivity index (χ4v) is 1.57. The normalized spacial score (nSPS) is 11.4. The average molecular weight is 210 g/mol. The van der Waals surface area contributed by atoms with Gasteiger partial charge in [0.05, 0.1) is 5.01 Å². The van der Waals surface area contributed by atoms with Crippen molar-refractivity contribution in [2.75, 3.05) is 5.32 Å². The molecule has 0 fully saturated rings. The number of carbonyl (C=O) groups excluding carboxylic acids is 1. The molecule has 1 amide bonds. The first-order valence-corrected chi connectivity index (χ1v) is 4.01. The van der Waals surface area contributed by atoms with Crippen molar-refractivity contribution in [1.29, 1.82) is 0 Å². The van der Waals surface area contributed by atoms with Crippen LogP contribution in [-0.4, -0.2) is 11.4 Å². The van der Waals surface area contributed by atoms with Gasteiger partial charge in [-0.05, 0) is 6.92 Å². The van der Waals surface area contributed by atoms with Crippen molar-refractivity contribution in [3.8, 4) is 0 Å². The number of alkyl halides is 3. The maximum absolute atomic E-state index is 12.2. The summed E-state index contributed by atoms with van der Waals surface area (Å²) < 4.78 is 36.5. The van der Waals surface area contributed by atoms with Crippen molar-refractivity contribution in [2.45, 2.75) is 13.1 Å². The smallest absolute Gasteiger partial charge is 0.318 e. The van der Waals surface area contributed by atoms with Gasteiger partial charge in [-0.3, -0.25) is 4.79 Å². The molecule has 0 unspecified atom stereocenters. The molecule has 0 spiro atoms. The molecule has 1 heterocycles. The van der Waals surface area contributed by atoms with Crippen molar-refractivity contribution in [3.63, 3.8) is 0 Å². The van der Waals surface area contributed by atoms with Gasteiger partial charge in [-0.15, -0.1) is 11.3 Å². The molecule has 0 saturated heterocycles. The molecule has 0 saturated carbocycles. The highest BCUT2D eigenvalue weighted by Crippen LogP contribution is 2.37. The molecule has 0 aromatic carbocycles. The van der Waals surface area contributed by atoms with E-state index in [-0.39, 0.29) is 16.4 Å². The number of hydrogen-bond acceptors (Lipinski definition) is 3. The number of aromatic nitrogens is 1. The quantitative estimate of drug-likeness (QED) is 0.759. The molecule has 1 aromatic heterocycles. The van der Waals surface area contributed by atoms with E-state index < -0.39 is 11.9 Å². The molecular weight excluding hydrogens is 205 g/mol. The van der Waals surface area contributed by atoms with Crippen LogP contribution in [0.1, 0.15) is 10.7 Å². The molecule has 0 atom stereocenters. The van der Waals surface area contributed by atoms with Crippen LogP contribution in [0.4, 0.5) is 18.2 Å². The topological polar surface area (TPSA) is 42.0 Å². The van der Waals surface area contributed by atoms with E-state index in [1.54, 1.807) is 0 Å². The largest absolute Gasteiger partial charge is 0.436 e. The lowest BCUT2D eigenvalue weighted by Gasteiger charge is -2.03. The zero-order valence-electron chi connectivity index (χ0n) is 6.47. The lowest BCUT2D eigenvalue weighted by Crippen LogP contribution is -2.09. The van der Waals surface area contributed by atoms with Crippen molar-refractivity contribution in [1.82, 2.24) is 4.98 Å². The molecule has 3 nitrogen and oxygen atoms in total. The Hall–Kier alpha value is -1.11. The Morgan fingerprint density at radius 3 is 2.62 bits per heavy atom. The van der Waals surface area contributed by atoms with Gasteiger partial charge in [0.2, 0.25) is 6.41 Å². The number of rotatable bonds is 2. The maximum atomic E-state index is 12.2. The highest BCUT2D eigenvalue weighted by molar-refractivity contribution is 7.16. The SMILES string of the molecule is Cc1nc(C(F)(F)F)c(NC=O)s1. The predicted octanol–water partition coefficient (Wildman–Crippen LogP) is 2.04. The van der Waals surface area contributed by atoms with Gasteiger partial charge in [-0.25, -0.2) is 4.98 Å². The van der Waals surface area contributed by atoms with Crippen LogP contribution in [0.5, 0.6) is 0 Å². The first-order chi connectivity index (χ1) is 5.95. The number of hydrogen-bond donors (Lipinski definition) is 1. The van der Waals surface area contributed by atoms with E-state index in [2.05, 4.69) is 4.98 Å². The highest BCUT2D eigenvalue weighted by atomic mass is 32.1. The van der Waals surface area contributed by atoms with Gasteiger partial charge in [-0.1, -0.05) is 0 Å². The third-order valence-corrected chi connectivity index (χ3v) is 2.09. The van der Waals surface area contributed by atoms with E-state index in [0.29, 0.717) is 0 Å². The van der Waals surface area contributed by atoms with Gasteiger partial charge < -0.3 is 5.32 Å². The van der Waals surface area contributed by atoms with Gasteiger partial charge >= 0.3 is 6.18 Å². The number of thiazole rings is 1. The number of aryl methyl sites for hydroxylation is 1. The number of carbonyl (C=O) groups is 1. The minimum Gasteiger partial charge on any atom is -0.318 e. The van der Waals surface area contributed by atoms with Crippen LogP contribution in [0, 0.1) is 6.92 Å². The molecule has 0 bridgehead atoms. The van der Waals surface area contributed by atoms with Crippen molar-refractivity contribution >= 4 is 22.7 Å². The average Bonchev–Trinajstić information content (AvgIpc) is 2.30. The summed E-state index contributed by atoms with van der Waals surface area (Å²) in [6, 6.07) is 0. The van der Waals surface area contributed by atoms with Crippen LogP contribution < -0.4 is 5.32 Å². The van der Waals surface area contributed by atoms with Gasteiger partial charge in [0.1, 0.15) is 5.00 Å². The highest BCUT2D eigenvalue weighted by Gasteiger charge is 2.37. The summed E-state index contributed by atoms with van der Waals surface area (Å²) in [6.07, 6.45) is -4.32. The lowest BCUT2D eigenvalue weighted by atomic mass is 10.4. The number of nitrogens with zero attached hydrogens (tertiary/aromatic N) is 1. The van der Waals surface area contributed by atoms with Crippen LogP contribution in [-0.2, 0) is 11.0 Å². The monoisotopic (exact) mass is 210 g/mol. The van der Waals surface area contributed by atoms with E-state index >= 15 is 0 Å². The predicted molar refractivity (Wildman–Crippen MR) is 41.5 cm³/mol. The van der Waals surface area contributed by atoms with Crippen molar-refractivity contribution in [3.05, 3.63) is 10.7 Å². The summed E-state index contributed by atoms with van der Waals surface area (Å²) in [5.41, 5.74) is -1.04. The van der Waals surface area contributed by atoms with E-state index in [9.17, 15) is 18.0 Å². The number of amides is 1. The first kappa shape index (κ1) is 9.97. The first-order valence-electron chi connectivity index (χ1n) is 3.20. The Morgan fingerprint density at radius 2 is 2.15 bits per heavy atom. The molecule has 0 aliphatic rings. The fraction of sp³-hybridized carbons (Fsp3) is 0.333. The minimum atomic E-state index is -4.52. The van der Waals surface area contributed by atoms with Crippen LogP contribution in [0.2, 0.25) is 0 Å². The van der Waals surface area contributed by atoms with E-state index in [0.717, 1.165) is 11.3 Å². The summed E-state index contributed by atoms with van der Waals surface area (Å²) >= 11 is 0.792. The molecule has 1 aromatic rings. The molecule has 72 valence electrons. The zero-order valence-corrected chi connectivity index (χ0v) is 7.29. The number of halogens is 3. The Balaban J connectivity index is 3.11. The molecule has 0 radical (unpaired) electrons. The molecule has 13 heavy (non-hydrogen) atoms. The summed E-state index contributed by atoms with van der Waals surface area (Å²) in [5, 5.41) is 1.96. The Labute approximate surface area is 75.6 Å². The van der Waals surface area contributed by atoms with Gasteiger partial charge in [0.25, 0.3) is 0 Å². The molecule has 0 aliphatic carbocycles. The van der Waals surface area contributed by atoms with E-state index in [4.69, 9.17) is 0 Å². The fourth-order valence-electron chi connectivity index (χ4n) is 0.771. The Kier molecular flexibility index (Phi) is 2.55. The Morgan fingerprint density at radius 1 is 1.54 bits per heavy atom. The van der Waals surface area contributed by atoms with Crippen LogP contribution >= 0.6 is 11.3 Å². The van der Waals surface area contributed by atoms with Gasteiger partial charge in [-0.2, -0.15) is 13.2 Å². The minimum absolute atomic E-state index is 0.197. The second-order valence-corrected chi connectivity index (χ2v) is 3.37. The summed E-state index contributed by atoms with van der Waals surface area (Å²) in [6.45, 7) is 1.44. The summed E-state index contributed by atoms with van der Waals surface area (Å²) in [7, 11) is 0. The molecule has 0 aliphatic heterocycles. The van der Waals surface area contributed by atoms with Crippen molar-refractivity contribution in [2.24, 2.45) is 0 Å². The summed E-state index contributed by atoms with van der Waals surface area (Å²) in [4.78, 5) is 13.2. The second-order valence-electron chi connectivity index (χ2n) is 2.17. The standard InChI is InChI=1S/C6H5F3N2OS/c1-3-11-4(6(7,8)9)5(13-3)10-2-12/h2H,1H3,(H,10,12). The number of nitrogens with one attached hydrogen (secondary N) is 1. The zero-order chi connectivity index (χ0) is 10.1. The number of anilines is 1. The van der Waals surface area contributed by atoms with Crippen LogP contribution in [0.15, 0.2) is 0 Å².